The number of aromatic nitrogens is 1. The molecule has 0 unspecified atom stereocenters. The molecule has 1 aromatic heterocycles. The van der Waals surface area contributed by atoms with Crippen LogP contribution in [0.15, 0.2) is 54.7 Å². The van der Waals surface area contributed by atoms with Gasteiger partial charge in [0, 0.05) is 102 Å². The first-order valence-electron chi connectivity index (χ1n) is 15.4. The molecule has 1 N–H and O–H groups in total. The first-order chi connectivity index (χ1) is 20.9. The molecular weight excluding hydrogens is 544 g/mol. The number of carbonyl (C=O) groups excluding carboxylic acids is 3. The van der Waals surface area contributed by atoms with Gasteiger partial charge in [0.15, 0.2) is 0 Å². The van der Waals surface area contributed by atoms with Crippen molar-refractivity contribution < 1.29 is 19.1 Å². The lowest BCUT2D eigenvalue weighted by Gasteiger charge is -2.39. The summed E-state index contributed by atoms with van der Waals surface area (Å²) in [5.41, 5.74) is 3.15. The maximum absolute atomic E-state index is 13.2. The number of amides is 3. The molecule has 230 valence electrons. The quantitative estimate of drug-likeness (QED) is 0.518. The smallest absolute Gasteiger partial charge is 0.236 e. The number of benzene rings is 1. The van der Waals surface area contributed by atoms with E-state index in [4.69, 9.17) is 4.74 Å². The van der Waals surface area contributed by atoms with Crippen LogP contribution < -0.4 is 15.0 Å². The van der Waals surface area contributed by atoms with Crippen LogP contribution in [-0.4, -0.2) is 103 Å². The van der Waals surface area contributed by atoms with E-state index in [1.807, 2.05) is 46.3 Å². The molecule has 2 fully saturated rings. The Kier molecular flexibility index (Phi) is 10.3. The molecule has 2 aromatic rings. The molecule has 43 heavy (non-hydrogen) atoms. The molecule has 0 saturated carbocycles. The Morgan fingerprint density at radius 3 is 2.65 bits per heavy atom. The Bertz CT molecular complexity index is 1290. The Balaban J connectivity index is 1.22. The second kappa shape index (κ2) is 14.5. The number of anilines is 1. The number of hydrogen-bond donors (Lipinski definition) is 1. The number of pyridine rings is 1. The van der Waals surface area contributed by atoms with Crippen molar-refractivity contribution in [2.75, 3.05) is 70.9 Å². The van der Waals surface area contributed by atoms with Gasteiger partial charge in [-0.2, -0.15) is 0 Å². The summed E-state index contributed by atoms with van der Waals surface area (Å²) in [5, 5.41) is 3.35. The van der Waals surface area contributed by atoms with Crippen LogP contribution >= 0.6 is 0 Å². The molecule has 2 saturated heterocycles. The van der Waals surface area contributed by atoms with Crippen LogP contribution in [0.25, 0.3) is 0 Å². The SMILES string of the molecule is CC(=O)N1CCN(C(=O)C[C@@H]2CCN3C[C@@H]2/C=C\COc2ccc(N(C)CCc4ccccn4)cc2CNCC3=O)CC1. The molecule has 1 aromatic carbocycles. The summed E-state index contributed by atoms with van der Waals surface area (Å²) in [6.07, 6.45) is 8.08. The minimum Gasteiger partial charge on any atom is -0.489 e. The van der Waals surface area contributed by atoms with Gasteiger partial charge in [0.1, 0.15) is 12.4 Å². The number of ether oxygens (including phenoxy) is 1. The number of nitrogens with zero attached hydrogens (tertiary/aromatic N) is 5. The molecule has 2 bridgehead atoms. The first-order valence-corrected chi connectivity index (χ1v) is 15.4. The number of rotatable bonds is 6. The highest BCUT2D eigenvalue weighted by atomic mass is 16.5. The van der Waals surface area contributed by atoms with Crippen LogP contribution in [0.4, 0.5) is 5.69 Å². The molecule has 0 aliphatic carbocycles. The normalized spacial score (nSPS) is 21.9. The van der Waals surface area contributed by atoms with Gasteiger partial charge in [-0.25, -0.2) is 0 Å². The standard InChI is InChI=1S/C33H44N6O4/c1-25(40)37-15-17-38(18-16-37)32(41)21-26-10-14-39-24-27(26)6-5-19-43-31-9-8-30(20-28(31)22-34-23-33(39)42)36(2)13-11-29-7-3-4-12-35-29/h3-9,12,20,26-27,34H,10-11,13-19,21-24H2,1-2H3/b6-5-/t26-,27-/m0/s1. The van der Waals surface area contributed by atoms with Gasteiger partial charge in [-0.1, -0.05) is 18.2 Å². The van der Waals surface area contributed by atoms with Gasteiger partial charge < -0.3 is 29.7 Å². The highest BCUT2D eigenvalue weighted by Crippen LogP contribution is 2.30. The average molecular weight is 589 g/mol. The fraction of sp³-hybridized carbons (Fsp3) is 0.515. The van der Waals surface area contributed by atoms with E-state index in [9.17, 15) is 14.4 Å². The Labute approximate surface area is 254 Å². The molecule has 4 heterocycles. The summed E-state index contributed by atoms with van der Waals surface area (Å²) in [7, 11) is 2.07. The molecule has 10 nitrogen and oxygen atoms in total. The predicted octanol–water partition coefficient (Wildman–Crippen LogP) is 2.34. The topological polar surface area (TPSA) is 98.3 Å². The minimum absolute atomic E-state index is 0.0574. The summed E-state index contributed by atoms with van der Waals surface area (Å²) in [5.74, 6) is 1.31. The third-order valence-corrected chi connectivity index (χ3v) is 8.90. The second-order valence-electron chi connectivity index (χ2n) is 11.8. The van der Waals surface area contributed by atoms with Crippen molar-refractivity contribution in [1.82, 2.24) is 25.0 Å². The van der Waals surface area contributed by atoms with Gasteiger partial charge in [0.25, 0.3) is 0 Å². The van der Waals surface area contributed by atoms with E-state index < -0.39 is 0 Å². The molecule has 0 radical (unpaired) electrons. The molecule has 3 aliphatic rings. The number of nitrogens with one attached hydrogen (secondary N) is 1. The molecule has 3 aliphatic heterocycles. The maximum Gasteiger partial charge on any atom is 0.236 e. The van der Waals surface area contributed by atoms with E-state index in [2.05, 4.69) is 40.5 Å². The molecule has 3 amide bonds. The Morgan fingerprint density at radius 1 is 1.07 bits per heavy atom. The summed E-state index contributed by atoms with van der Waals surface area (Å²) in [4.78, 5) is 50.3. The van der Waals surface area contributed by atoms with Crippen LogP contribution in [0.2, 0.25) is 0 Å². The zero-order chi connectivity index (χ0) is 30.2. The van der Waals surface area contributed by atoms with Crippen molar-refractivity contribution in [3.63, 3.8) is 0 Å². The second-order valence-corrected chi connectivity index (χ2v) is 11.8. The number of piperidine rings is 1. The third kappa shape index (κ3) is 8.13. The van der Waals surface area contributed by atoms with E-state index in [1.54, 1.807) is 11.8 Å². The number of fused-ring (bicyclic) bond motifs is 3. The first kappa shape index (κ1) is 30.5. The fourth-order valence-electron chi connectivity index (χ4n) is 6.18. The van der Waals surface area contributed by atoms with Gasteiger partial charge in [0.05, 0.1) is 6.54 Å². The molecule has 5 rings (SSSR count). The molecular formula is C33H44N6O4. The summed E-state index contributed by atoms with van der Waals surface area (Å²) >= 11 is 0. The van der Waals surface area contributed by atoms with E-state index in [-0.39, 0.29) is 36.1 Å². The van der Waals surface area contributed by atoms with Crippen molar-refractivity contribution in [2.45, 2.75) is 32.7 Å². The number of carbonyl (C=O) groups is 3. The van der Waals surface area contributed by atoms with Gasteiger partial charge in [-0.05, 0) is 48.6 Å². The van der Waals surface area contributed by atoms with E-state index in [0.717, 1.165) is 42.1 Å². The van der Waals surface area contributed by atoms with Crippen LogP contribution in [0.1, 0.15) is 31.0 Å². The van der Waals surface area contributed by atoms with Gasteiger partial charge in [-0.3, -0.25) is 19.4 Å². The molecule has 10 heteroatoms. The van der Waals surface area contributed by atoms with Crippen molar-refractivity contribution in [2.24, 2.45) is 11.8 Å². The van der Waals surface area contributed by atoms with E-state index >= 15 is 0 Å². The van der Waals surface area contributed by atoms with Gasteiger partial charge >= 0.3 is 0 Å². The van der Waals surface area contributed by atoms with E-state index in [0.29, 0.717) is 58.8 Å². The van der Waals surface area contributed by atoms with Crippen molar-refractivity contribution >= 4 is 23.4 Å². The van der Waals surface area contributed by atoms with Crippen LogP contribution in [0.5, 0.6) is 5.75 Å². The van der Waals surface area contributed by atoms with Gasteiger partial charge in [0.2, 0.25) is 17.7 Å². The fourth-order valence-corrected chi connectivity index (χ4v) is 6.18. The highest BCUT2D eigenvalue weighted by molar-refractivity contribution is 5.79. The zero-order valence-electron chi connectivity index (χ0n) is 25.4. The largest absolute Gasteiger partial charge is 0.489 e. The Morgan fingerprint density at radius 2 is 1.88 bits per heavy atom. The molecule has 2 atom stereocenters. The maximum atomic E-state index is 13.2. The lowest BCUT2D eigenvalue weighted by atomic mass is 9.82. The lowest BCUT2D eigenvalue weighted by molar-refractivity contribution is -0.140. The Hall–Kier alpha value is -3.92. The van der Waals surface area contributed by atoms with Crippen molar-refractivity contribution in [3.8, 4) is 5.75 Å². The number of likely N-dealkylation sites (N-methyl/N-ethyl adjacent to an activating group) is 1. The lowest BCUT2D eigenvalue weighted by Crippen LogP contribution is -2.51. The summed E-state index contributed by atoms with van der Waals surface area (Å²) in [6, 6.07) is 12.2. The average Bonchev–Trinajstić information content (AvgIpc) is 3.04. The third-order valence-electron chi connectivity index (χ3n) is 8.90. The van der Waals surface area contributed by atoms with E-state index in [1.165, 1.54) is 0 Å². The predicted molar refractivity (Wildman–Crippen MR) is 166 cm³/mol. The number of hydrogen-bond acceptors (Lipinski definition) is 7. The zero-order valence-corrected chi connectivity index (χ0v) is 25.4. The van der Waals surface area contributed by atoms with Crippen molar-refractivity contribution in [1.29, 1.82) is 0 Å². The van der Waals surface area contributed by atoms with Gasteiger partial charge in [-0.15, -0.1) is 0 Å². The van der Waals surface area contributed by atoms with Crippen LogP contribution in [-0.2, 0) is 27.3 Å². The highest BCUT2D eigenvalue weighted by Gasteiger charge is 2.33. The molecule has 0 spiro atoms. The monoisotopic (exact) mass is 588 g/mol. The summed E-state index contributed by atoms with van der Waals surface area (Å²) in [6.45, 7) is 7.19. The minimum atomic E-state index is 0.0574. The number of piperazine rings is 1. The van der Waals surface area contributed by atoms with Crippen molar-refractivity contribution in [3.05, 3.63) is 66.0 Å². The van der Waals surface area contributed by atoms with Crippen LogP contribution in [0, 0.1) is 11.8 Å². The van der Waals surface area contributed by atoms with Crippen LogP contribution in [0.3, 0.4) is 0 Å². The summed E-state index contributed by atoms with van der Waals surface area (Å²) < 4.78 is 6.21.